The zero-order chi connectivity index (χ0) is 13.9. The topological polar surface area (TPSA) is 74.2 Å². The van der Waals surface area contributed by atoms with Crippen LogP contribution in [0.4, 0.5) is 0 Å². The molecule has 2 N–H and O–H groups in total. The molecular weight excluding hydrogens is 278 g/mol. The van der Waals surface area contributed by atoms with Gasteiger partial charge in [0.05, 0.1) is 6.10 Å². The van der Waals surface area contributed by atoms with Crippen molar-refractivity contribution in [1.29, 1.82) is 0 Å². The number of ether oxygens (including phenoxy) is 1. The number of hydrogen-bond acceptors (Lipinski definition) is 5. The molecule has 0 spiro atoms. The monoisotopic (exact) mass is 293 g/mol. The molecule has 0 radical (unpaired) electrons. The van der Waals surface area contributed by atoms with E-state index in [9.17, 15) is 0 Å². The Morgan fingerprint density at radius 3 is 3.00 bits per heavy atom. The minimum atomic E-state index is -0.121. The third-order valence-electron chi connectivity index (χ3n) is 3.38. The van der Waals surface area contributed by atoms with E-state index >= 15 is 0 Å². The normalized spacial score (nSPS) is 22.3. The number of aromatic nitrogens is 2. The van der Waals surface area contributed by atoms with Crippen LogP contribution in [0.15, 0.2) is 28.8 Å². The molecule has 1 aliphatic rings. The lowest BCUT2D eigenvalue weighted by Gasteiger charge is -2.07. The molecule has 3 rings (SSSR count). The molecule has 2 aromatic rings. The first-order valence-corrected chi connectivity index (χ1v) is 7.05. The fraction of sp³-hybridized carbons (Fsp3) is 0.429. The zero-order valence-electron chi connectivity index (χ0n) is 11.0. The molecule has 106 valence electrons. The van der Waals surface area contributed by atoms with Crippen molar-refractivity contribution in [3.8, 4) is 0 Å². The molecule has 1 aliphatic heterocycles. The zero-order valence-corrected chi connectivity index (χ0v) is 11.7. The first-order valence-electron chi connectivity index (χ1n) is 6.67. The minimum Gasteiger partial charge on any atom is -0.364 e. The maximum Gasteiger partial charge on any atom is 0.255 e. The Kier molecular flexibility index (Phi) is 4.00. The summed E-state index contributed by atoms with van der Waals surface area (Å²) in [7, 11) is 0. The van der Waals surface area contributed by atoms with Crippen molar-refractivity contribution < 1.29 is 9.26 Å². The van der Waals surface area contributed by atoms with E-state index in [1.54, 1.807) is 0 Å². The molecule has 1 saturated heterocycles. The van der Waals surface area contributed by atoms with Crippen molar-refractivity contribution in [1.82, 2.24) is 10.1 Å². The molecule has 5 nitrogen and oxygen atoms in total. The fourth-order valence-electron chi connectivity index (χ4n) is 2.36. The van der Waals surface area contributed by atoms with E-state index in [1.165, 1.54) is 0 Å². The van der Waals surface area contributed by atoms with Gasteiger partial charge in [-0.05, 0) is 30.5 Å². The Bertz CT molecular complexity index is 587. The van der Waals surface area contributed by atoms with Crippen LogP contribution in [0.5, 0.6) is 0 Å². The number of benzene rings is 1. The summed E-state index contributed by atoms with van der Waals surface area (Å²) in [5, 5.41) is 4.70. The van der Waals surface area contributed by atoms with Gasteiger partial charge in [-0.25, -0.2) is 0 Å². The first kappa shape index (κ1) is 13.5. The third kappa shape index (κ3) is 3.00. The van der Waals surface area contributed by atoms with Crippen molar-refractivity contribution >= 4 is 11.6 Å². The molecule has 0 aliphatic carbocycles. The van der Waals surface area contributed by atoms with Crippen LogP contribution in [0, 0.1) is 0 Å². The average molecular weight is 294 g/mol. The van der Waals surface area contributed by atoms with Crippen LogP contribution in [-0.2, 0) is 11.2 Å². The van der Waals surface area contributed by atoms with Gasteiger partial charge in [0, 0.05) is 18.0 Å². The lowest BCUT2D eigenvalue weighted by molar-refractivity contribution is 0.0307. The summed E-state index contributed by atoms with van der Waals surface area (Å²) in [6, 6.07) is 7.63. The molecule has 2 atom stereocenters. The molecule has 0 bridgehead atoms. The van der Waals surface area contributed by atoms with Gasteiger partial charge in [-0.1, -0.05) is 28.9 Å². The van der Waals surface area contributed by atoms with Crippen LogP contribution >= 0.6 is 11.6 Å². The van der Waals surface area contributed by atoms with E-state index in [2.05, 4.69) is 10.1 Å². The van der Waals surface area contributed by atoms with Crippen LogP contribution in [0.2, 0.25) is 5.02 Å². The average Bonchev–Trinajstić information content (AvgIpc) is 3.07. The fourth-order valence-corrected chi connectivity index (χ4v) is 2.57. The highest BCUT2D eigenvalue weighted by Gasteiger charge is 2.29. The van der Waals surface area contributed by atoms with E-state index in [0.29, 0.717) is 29.7 Å². The van der Waals surface area contributed by atoms with Gasteiger partial charge in [0.25, 0.3) is 5.89 Å². The molecule has 1 aromatic heterocycles. The van der Waals surface area contributed by atoms with Crippen LogP contribution < -0.4 is 5.73 Å². The summed E-state index contributed by atoms with van der Waals surface area (Å²) in [5.74, 6) is 1.18. The van der Waals surface area contributed by atoms with Crippen molar-refractivity contribution in [2.45, 2.75) is 31.5 Å². The van der Waals surface area contributed by atoms with Gasteiger partial charge in [0.2, 0.25) is 0 Å². The molecule has 0 amide bonds. The molecule has 1 fully saturated rings. The summed E-state index contributed by atoms with van der Waals surface area (Å²) in [5.41, 5.74) is 6.64. The van der Waals surface area contributed by atoms with Crippen molar-refractivity contribution in [2.24, 2.45) is 5.73 Å². The highest BCUT2D eigenvalue weighted by Crippen LogP contribution is 2.31. The second kappa shape index (κ2) is 5.91. The number of hydrogen-bond donors (Lipinski definition) is 1. The Morgan fingerprint density at radius 2 is 2.25 bits per heavy atom. The Morgan fingerprint density at radius 1 is 1.35 bits per heavy atom. The lowest BCUT2D eigenvalue weighted by Crippen LogP contribution is -2.18. The number of nitrogens with two attached hydrogens (primary N) is 1. The Hall–Kier alpha value is -1.43. The van der Waals surface area contributed by atoms with Gasteiger partial charge < -0.3 is 15.0 Å². The second-order valence-electron chi connectivity index (χ2n) is 4.92. The quantitative estimate of drug-likeness (QED) is 0.937. The third-order valence-corrected chi connectivity index (χ3v) is 3.62. The number of nitrogens with zero attached hydrogens (tertiary/aromatic N) is 2. The molecule has 2 heterocycles. The largest absolute Gasteiger partial charge is 0.364 e. The maximum absolute atomic E-state index is 5.96. The molecule has 0 saturated carbocycles. The van der Waals surface area contributed by atoms with Gasteiger partial charge in [-0.15, -0.1) is 0 Å². The van der Waals surface area contributed by atoms with Gasteiger partial charge >= 0.3 is 0 Å². The minimum absolute atomic E-state index is 0.100. The Balaban J connectivity index is 1.68. The van der Waals surface area contributed by atoms with Crippen LogP contribution in [0.1, 0.15) is 36.2 Å². The lowest BCUT2D eigenvalue weighted by atomic mass is 10.1. The van der Waals surface area contributed by atoms with Crippen molar-refractivity contribution in [2.75, 3.05) is 6.54 Å². The van der Waals surface area contributed by atoms with Gasteiger partial charge in [-0.2, -0.15) is 4.98 Å². The van der Waals surface area contributed by atoms with E-state index in [-0.39, 0.29) is 12.2 Å². The van der Waals surface area contributed by atoms with Crippen LogP contribution in [-0.4, -0.2) is 22.8 Å². The first-order chi connectivity index (χ1) is 9.74. The molecule has 6 heteroatoms. The predicted octanol–water partition coefficient (Wildman–Crippen LogP) is 2.49. The summed E-state index contributed by atoms with van der Waals surface area (Å²) in [6.45, 7) is 0.528. The highest BCUT2D eigenvalue weighted by molar-refractivity contribution is 6.30. The molecule has 2 unspecified atom stereocenters. The van der Waals surface area contributed by atoms with E-state index in [4.69, 9.17) is 26.6 Å². The summed E-state index contributed by atoms with van der Waals surface area (Å²) >= 11 is 5.96. The predicted molar refractivity (Wildman–Crippen MR) is 74.5 cm³/mol. The summed E-state index contributed by atoms with van der Waals surface area (Å²) in [6.07, 6.45) is 2.39. The maximum atomic E-state index is 5.96. The van der Waals surface area contributed by atoms with Gasteiger partial charge in [-0.3, -0.25) is 0 Å². The van der Waals surface area contributed by atoms with Crippen LogP contribution in [0.3, 0.4) is 0 Å². The number of rotatable bonds is 4. The van der Waals surface area contributed by atoms with Crippen molar-refractivity contribution in [3.05, 3.63) is 46.6 Å². The summed E-state index contributed by atoms with van der Waals surface area (Å²) < 4.78 is 11.0. The van der Waals surface area contributed by atoms with Gasteiger partial charge in [0.15, 0.2) is 5.82 Å². The number of halogens is 1. The second-order valence-corrected chi connectivity index (χ2v) is 5.35. The van der Waals surface area contributed by atoms with E-state index in [0.717, 1.165) is 18.4 Å². The molecule has 20 heavy (non-hydrogen) atoms. The van der Waals surface area contributed by atoms with E-state index in [1.807, 2.05) is 24.3 Å². The van der Waals surface area contributed by atoms with E-state index < -0.39 is 0 Å². The van der Waals surface area contributed by atoms with Crippen LogP contribution in [0.25, 0.3) is 0 Å². The van der Waals surface area contributed by atoms with Gasteiger partial charge in [0.1, 0.15) is 6.10 Å². The Labute approximate surface area is 122 Å². The smallest absolute Gasteiger partial charge is 0.255 e. The summed E-state index contributed by atoms with van der Waals surface area (Å²) in [4.78, 5) is 4.40. The highest BCUT2D eigenvalue weighted by atomic mass is 35.5. The molecular formula is C14H16ClN3O2. The van der Waals surface area contributed by atoms with Crippen molar-refractivity contribution in [3.63, 3.8) is 0 Å². The standard InChI is InChI=1S/C14H16ClN3O2/c15-10-3-1-2-9(6-10)7-13-17-14(20-18-13)12-5-4-11(8-16)19-12/h1-3,6,11-12H,4-5,7-8,16H2. The SMILES string of the molecule is NCC1CCC(c2nc(Cc3cccc(Cl)c3)no2)O1. The molecule has 1 aromatic carbocycles.